The quantitative estimate of drug-likeness (QED) is 0.320. The largest absolute Gasteiger partial charge is 0.365 e. The van der Waals surface area contributed by atoms with E-state index in [2.05, 4.69) is 20.5 Å². The number of pyridine rings is 1. The monoisotopic (exact) mass is 521 g/mol. The summed E-state index contributed by atoms with van der Waals surface area (Å²) < 4.78 is 30.6. The van der Waals surface area contributed by atoms with Gasteiger partial charge in [-0.25, -0.2) is 18.4 Å². The van der Waals surface area contributed by atoms with Gasteiger partial charge in [0, 0.05) is 17.3 Å². The lowest BCUT2D eigenvalue weighted by Gasteiger charge is -2.10. The second-order valence-corrected chi connectivity index (χ2v) is 9.37. The number of nitrogens with one attached hydrogen (secondary N) is 1. The van der Waals surface area contributed by atoms with Crippen molar-refractivity contribution < 1.29 is 18.4 Å². The summed E-state index contributed by atoms with van der Waals surface area (Å²) in [6, 6.07) is 13.5. The maximum Gasteiger partial charge on any atom is 0.280 e. The Morgan fingerprint density at radius 2 is 1.86 bits per heavy atom. The fourth-order valence-corrected chi connectivity index (χ4v) is 5.08. The molecule has 0 saturated carbocycles. The highest BCUT2D eigenvalue weighted by Crippen LogP contribution is 2.42. The predicted octanol–water partition coefficient (Wildman–Crippen LogP) is 4.77. The van der Waals surface area contributed by atoms with E-state index in [1.807, 2.05) is 19.9 Å². The van der Waals surface area contributed by atoms with Crippen molar-refractivity contribution in [3.05, 3.63) is 82.4 Å². The number of primary amides is 1. The van der Waals surface area contributed by atoms with Crippen molar-refractivity contribution >= 4 is 39.1 Å². The van der Waals surface area contributed by atoms with E-state index in [1.165, 1.54) is 12.1 Å². The number of thiophene rings is 1. The number of amides is 2. The molecule has 37 heavy (non-hydrogen) atoms. The van der Waals surface area contributed by atoms with Gasteiger partial charge in [-0.3, -0.25) is 14.3 Å². The number of carbonyl (C=O) groups is 2. The molecule has 5 aromatic rings. The summed E-state index contributed by atoms with van der Waals surface area (Å²) in [5.41, 5.74) is 8.19. The van der Waals surface area contributed by atoms with Crippen LogP contribution < -0.4 is 11.1 Å². The summed E-state index contributed by atoms with van der Waals surface area (Å²) in [4.78, 5) is 29.7. The molecule has 0 atom stereocenters. The Labute approximate surface area is 213 Å². The van der Waals surface area contributed by atoms with Gasteiger partial charge in [0.15, 0.2) is 5.69 Å². The Kier molecular flexibility index (Phi) is 6.25. The van der Waals surface area contributed by atoms with E-state index in [0.29, 0.717) is 23.2 Å². The number of aromatic nitrogens is 5. The molecule has 0 fully saturated rings. The van der Waals surface area contributed by atoms with Crippen molar-refractivity contribution in [2.24, 2.45) is 5.73 Å². The molecule has 188 valence electrons. The second kappa shape index (κ2) is 9.54. The molecule has 0 saturated heterocycles. The maximum atomic E-state index is 13.6. The molecule has 1 aromatic carbocycles. The van der Waals surface area contributed by atoms with Crippen molar-refractivity contribution in [3.8, 4) is 11.1 Å². The number of fused-ring (bicyclic) bond motifs is 1. The van der Waals surface area contributed by atoms with E-state index in [-0.39, 0.29) is 21.1 Å². The van der Waals surface area contributed by atoms with Crippen LogP contribution in [-0.2, 0) is 6.67 Å². The van der Waals surface area contributed by atoms with Gasteiger partial charge in [-0.05, 0) is 43.2 Å². The first-order chi connectivity index (χ1) is 17.7. The van der Waals surface area contributed by atoms with Crippen molar-refractivity contribution in [3.63, 3.8) is 0 Å². The van der Waals surface area contributed by atoms with Crippen LogP contribution in [0.3, 0.4) is 0 Å². The van der Waals surface area contributed by atoms with Crippen molar-refractivity contribution in [1.82, 2.24) is 24.5 Å². The second-order valence-electron chi connectivity index (χ2n) is 8.37. The molecule has 0 aliphatic heterocycles. The fourth-order valence-electron chi connectivity index (χ4n) is 4.06. The Bertz CT molecular complexity index is 1640. The summed E-state index contributed by atoms with van der Waals surface area (Å²) in [5, 5.41) is 11.8. The van der Waals surface area contributed by atoms with Crippen LogP contribution in [0.15, 0.2) is 54.7 Å². The predicted molar refractivity (Wildman–Crippen MR) is 136 cm³/mol. The highest BCUT2D eigenvalue weighted by Gasteiger charge is 2.25. The van der Waals surface area contributed by atoms with E-state index in [9.17, 15) is 18.4 Å². The number of hydrogen-bond donors (Lipinski definition) is 2. The molecule has 0 spiro atoms. The first-order valence-electron chi connectivity index (χ1n) is 11.2. The Hall–Kier alpha value is -4.45. The Morgan fingerprint density at radius 3 is 2.51 bits per heavy atom. The number of nitrogens with two attached hydrogens (primary N) is 1. The molecule has 3 N–H and O–H groups in total. The molecule has 0 aliphatic carbocycles. The molecular weight excluding hydrogens is 500 g/mol. The van der Waals surface area contributed by atoms with E-state index < -0.39 is 23.9 Å². The first-order valence-corrected chi connectivity index (χ1v) is 12.0. The third-order valence-corrected chi connectivity index (χ3v) is 6.81. The third kappa shape index (κ3) is 4.70. The molecule has 12 heteroatoms. The van der Waals surface area contributed by atoms with Gasteiger partial charge in [-0.15, -0.1) is 11.3 Å². The van der Waals surface area contributed by atoms with Gasteiger partial charge in [0.05, 0.1) is 11.4 Å². The number of anilines is 1. The highest BCUT2D eigenvalue weighted by molar-refractivity contribution is 7.21. The lowest BCUT2D eigenvalue weighted by Crippen LogP contribution is -2.18. The minimum atomic E-state index is -2.82. The van der Waals surface area contributed by atoms with Crippen LogP contribution >= 0.6 is 11.3 Å². The van der Waals surface area contributed by atoms with Crippen LogP contribution in [0.2, 0.25) is 0 Å². The smallest absolute Gasteiger partial charge is 0.280 e. The van der Waals surface area contributed by atoms with Crippen molar-refractivity contribution in [2.75, 3.05) is 5.32 Å². The van der Waals surface area contributed by atoms with Gasteiger partial charge >= 0.3 is 0 Å². The summed E-state index contributed by atoms with van der Waals surface area (Å²) >= 11 is 0.850. The van der Waals surface area contributed by atoms with Crippen LogP contribution in [0.4, 0.5) is 14.5 Å². The van der Waals surface area contributed by atoms with Crippen LogP contribution in [-0.4, -0.2) is 36.4 Å². The molecule has 0 unspecified atom stereocenters. The molecule has 5 rings (SSSR count). The third-order valence-electron chi connectivity index (χ3n) is 5.71. The minimum Gasteiger partial charge on any atom is -0.365 e. The Morgan fingerprint density at radius 1 is 1.11 bits per heavy atom. The molecule has 4 aromatic heterocycles. The standard InChI is InChI=1S/C25H21F2N7O2S/c1-13-10-14(2)34(31-13)12-33-9-8-17(32-33)24(36)30-20-19-16(15-6-4-3-5-7-15)11-18(22(26)27)29-25(19)37-21(20)23(28)35/h3-11,22H,12H2,1-2H3,(H2,28,35)(H,30,36). The number of carbonyl (C=O) groups excluding carboxylic acids is 2. The van der Waals surface area contributed by atoms with Gasteiger partial charge in [-0.1, -0.05) is 30.3 Å². The zero-order chi connectivity index (χ0) is 26.3. The Balaban J connectivity index is 1.56. The van der Waals surface area contributed by atoms with Crippen LogP contribution in [0.1, 0.15) is 43.7 Å². The van der Waals surface area contributed by atoms with Gasteiger partial charge in [0.25, 0.3) is 18.2 Å². The van der Waals surface area contributed by atoms with Crippen molar-refractivity contribution in [2.45, 2.75) is 26.9 Å². The number of alkyl halides is 2. The van der Waals surface area contributed by atoms with Gasteiger partial charge in [-0.2, -0.15) is 10.2 Å². The van der Waals surface area contributed by atoms with Crippen LogP contribution in [0.5, 0.6) is 0 Å². The molecule has 0 aliphatic rings. The molecule has 2 amide bonds. The number of hydrogen-bond acceptors (Lipinski definition) is 6. The molecule has 0 bridgehead atoms. The topological polar surface area (TPSA) is 121 Å². The SMILES string of the molecule is Cc1cc(C)n(Cn2ccc(C(=O)Nc3c(C(N)=O)sc4nc(C(F)F)cc(-c5ccccc5)c34)n2)n1. The molecule has 0 radical (unpaired) electrons. The summed E-state index contributed by atoms with van der Waals surface area (Å²) in [6.45, 7) is 4.11. The normalized spacial score (nSPS) is 11.4. The van der Waals surface area contributed by atoms with E-state index in [0.717, 1.165) is 22.7 Å². The average molecular weight is 522 g/mol. The van der Waals surface area contributed by atoms with E-state index in [1.54, 1.807) is 45.9 Å². The number of rotatable bonds is 7. The van der Waals surface area contributed by atoms with Gasteiger partial charge in [0.2, 0.25) is 0 Å². The minimum absolute atomic E-state index is 0.00141. The molecule has 4 heterocycles. The first kappa shape index (κ1) is 24.3. The summed E-state index contributed by atoms with van der Waals surface area (Å²) in [7, 11) is 0. The van der Waals surface area contributed by atoms with Gasteiger partial charge < -0.3 is 11.1 Å². The number of aryl methyl sites for hydroxylation is 2. The fraction of sp³-hybridized carbons (Fsp3) is 0.160. The van der Waals surface area contributed by atoms with E-state index in [4.69, 9.17) is 5.73 Å². The van der Waals surface area contributed by atoms with Gasteiger partial charge in [0.1, 0.15) is 22.1 Å². The average Bonchev–Trinajstić information content (AvgIpc) is 3.56. The maximum absolute atomic E-state index is 13.6. The lowest BCUT2D eigenvalue weighted by atomic mass is 10.0. The summed E-state index contributed by atoms with van der Waals surface area (Å²) in [6.07, 6.45) is -1.19. The van der Waals surface area contributed by atoms with Crippen molar-refractivity contribution in [1.29, 1.82) is 0 Å². The highest BCUT2D eigenvalue weighted by atomic mass is 32.1. The number of benzene rings is 1. The lowest BCUT2D eigenvalue weighted by molar-refractivity contribution is 0.100. The number of halogens is 2. The molecule has 9 nitrogen and oxygen atoms in total. The zero-order valence-electron chi connectivity index (χ0n) is 19.8. The zero-order valence-corrected chi connectivity index (χ0v) is 20.6. The molecular formula is C25H21F2N7O2S. The summed E-state index contributed by atoms with van der Waals surface area (Å²) in [5.74, 6) is -1.41. The number of nitrogens with zero attached hydrogens (tertiary/aromatic N) is 5. The van der Waals surface area contributed by atoms with Crippen LogP contribution in [0, 0.1) is 13.8 Å². The van der Waals surface area contributed by atoms with Crippen LogP contribution in [0.25, 0.3) is 21.3 Å². The van der Waals surface area contributed by atoms with E-state index >= 15 is 0 Å².